The van der Waals surface area contributed by atoms with Crippen molar-refractivity contribution >= 4 is 5.97 Å². The van der Waals surface area contributed by atoms with Gasteiger partial charge in [0.05, 0.1) is 0 Å². The molecule has 1 aromatic rings. The van der Waals surface area contributed by atoms with Crippen LogP contribution in [0.5, 0.6) is 0 Å². The van der Waals surface area contributed by atoms with Crippen LogP contribution in [-0.4, -0.2) is 51.0 Å². The number of carbonyl (C=O) groups excluding carboxylic acids is 1. The van der Waals surface area contributed by atoms with E-state index in [9.17, 15) is 4.79 Å². The van der Waals surface area contributed by atoms with Crippen LogP contribution in [0.15, 0.2) is 0 Å². The summed E-state index contributed by atoms with van der Waals surface area (Å²) in [5.41, 5.74) is -1.20. The van der Waals surface area contributed by atoms with E-state index in [0.29, 0.717) is 43.8 Å². The van der Waals surface area contributed by atoms with Crippen LogP contribution in [0.2, 0.25) is 0 Å². The second kappa shape index (κ2) is 7.58. The second-order valence-electron chi connectivity index (χ2n) is 8.28. The van der Waals surface area contributed by atoms with Gasteiger partial charge in [0.2, 0.25) is 0 Å². The third-order valence-electron chi connectivity index (χ3n) is 6.48. The van der Waals surface area contributed by atoms with Gasteiger partial charge in [0.25, 0.3) is 0 Å². The van der Waals surface area contributed by atoms with Crippen LogP contribution in [-0.2, 0) is 16.0 Å². The molecular formula is C18H28FN5O2. The van der Waals surface area contributed by atoms with E-state index in [1.165, 1.54) is 0 Å². The predicted octanol–water partition coefficient (Wildman–Crippen LogP) is 2.10. The molecule has 3 aliphatic rings. The van der Waals surface area contributed by atoms with E-state index < -0.39 is 5.67 Å². The topological polar surface area (TPSA) is 92.8 Å². The zero-order valence-electron chi connectivity index (χ0n) is 15.1. The Bertz CT molecular complexity index is 607. The number of hydrogen-bond donors (Lipinski definition) is 2. The molecule has 0 amide bonds. The molecule has 0 bridgehead atoms. The zero-order valence-corrected chi connectivity index (χ0v) is 15.1. The second-order valence-corrected chi connectivity index (χ2v) is 8.28. The zero-order chi connectivity index (χ0) is 18.0. The fourth-order valence-corrected chi connectivity index (χ4v) is 4.93. The number of tetrazole rings is 1. The summed E-state index contributed by atoms with van der Waals surface area (Å²) in [5, 5.41) is 17.1. The van der Waals surface area contributed by atoms with Crippen molar-refractivity contribution in [2.24, 2.45) is 11.8 Å². The molecule has 144 valence electrons. The average Bonchev–Trinajstić information content (AvgIpc) is 3.33. The van der Waals surface area contributed by atoms with Gasteiger partial charge in [-0.15, -0.1) is 10.2 Å². The summed E-state index contributed by atoms with van der Waals surface area (Å²) in [6.07, 6.45) is 7.89. The van der Waals surface area contributed by atoms with Gasteiger partial charge in [-0.3, -0.25) is 4.79 Å². The normalized spacial score (nSPS) is 35.2. The summed E-state index contributed by atoms with van der Waals surface area (Å²) in [6, 6.07) is -0.281. The molecule has 1 aliphatic heterocycles. The van der Waals surface area contributed by atoms with Crippen LogP contribution >= 0.6 is 0 Å². The molecule has 1 saturated heterocycles. The molecule has 2 saturated carbocycles. The monoisotopic (exact) mass is 365 g/mol. The van der Waals surface area contributed by atoms with Gasteiger partial charge in [-0.05, 0) is 76.2 Å². The van der Waals surface area contributed by atoms with E-state index in [0.717, 1.165) is 38.6 Å². The summed E-state index contributed by atoms with van der Waals surface area (Å²) < 4.78 is 21.0. The van der Waals surface area contributed by atoms with Crippen LogP contribution in [0.4, 0.5) is 4.39 Å². The van der Waals surface area contributed by atoms with E-state index in [2.05, 4.69) is 25.9 Å². The Morgan fingerprint density at radius 2 is 2.12 bits per heavy atom. The molecule has 2 aliphatic carbocycles. The number of piperidine rings is 1. The number of H-pyrrole nitrogens is 1. The first-order chi connectivity index (χ1) is 12.6. The maximum Gasteiger partial charge on any atom is 0.323 e. The van der Waals surface area contributed by atoms with Gasteiger partial charge in [0, 0.05) is 6.42 Å². The number of aromatic amines is 1. The quantitative estimate of drug-likeness (QED) is 0.777. The highest BCUT2D eigenvalue weighted by molar-refractivity contribution is 5.76. The van der Waals surface area contributed by atoms with Crippen molar-refractivity contribution in [2.45, 2.75) is 82.0 Å². The van der Waals surface area contributed by atoms with Crippen LogP contribution in [0.25, 0.3) is 0 Å². The van der Waals surface area contributed by atoms with Gasteiger partial charge in [-0.2, -0.15) is 5.21 Å². The molecule has 0 aromatic carbocycles. The van der Waals surface area contributed by atoms with E-state index in [4.69, 9.17) is 4.74 Å². The van der Waals surface area contributed by atoms with Crippen LogP contribution in [0.3, 0.4) is 0 Å². The van der Waals surface area contributed by atoms with Crippen molar-refractivity contribution in [1.82, 2.24) is 25.9 Å². The molecule has 4 atom stereocenters. The lowest BCUT2D eigenvalue weighted by molar-refractivity contribution is -0.153. The van der Waals surface area contributed by atoms with Crippen molar-refractivity contribution in [3.8, 4) is 0 Å². The fraction of sp³-hybridized carbons (Fsp3) is 0.889. The highest BCUT2D eigenvalue weighted by atomic mass is 19.1. The number of nitrogens with zero attached hydrogens (tertiary/aromatic N) is 3. The van der Waals surface area contributed by atoms with Crippen LogP contribution in [0.1, 0.15) is 63.6 Å². The molecule has 8 heteroatoms. The number of hydrogen-bond acceptors (Lipinski definition) is 6. The van der Waals surface area contributed by atoms with E-state index in [1.54, 1.807) is 0 Å². The van der Waals surface area contributed by atoms with Crippen molar-refractivity contribution in [3.05, 3.63) is 5.82 Å². The largest absolute Gasteiger partial charge is 0.461 e. The predicted molar refractivity (Wildman–Crippen MR) is 91.9 cm³/mol. The molecule has 4 rings (SSSR count). The van der Waals surface area contributed by atoms with Gasteiger partial charge in [0.15, 0.2) is 5.82 Å². The molecule has 2 heterocycles. The Kier molecular flexibility index (Phi) is 5.20. The number of aryl methyl sites for hydroxylation is 1. The minimum Gasteiger partial charge on any atom is -0.461 e. The molecular weight excluding hydrogens is 337 g/mol. The van der Waals surface area contributed by atoms with Crippen molar-refractivity contribution in [2.75, 3.05) is 6.54 Å². The fourth-order valence-electron chi connectivity index (χ4n) is 4.93. The first-order valence-corrected chi connectivity index (χ1v) is 9.96. The average molecular weight is 365 g/mol. The number of nitrogens with one attached hydrogen (secondary N) is 2. The van der Waals surface area contributed by atoms with E-state index in [1.807, 2.05) is 0 Å². The van der Waals surface area contributed by atoms with Crippen LogP contribution < -0.4 is 5.32 Å². The maximum absolute atomic E-state index is 15.4. The van der Waals surface area contributed by atoms with Crippen molar-refractivity contribution < 1.29 is 13.9 Å². The molecule has 0 unspecified atom stereocenters. The lowest BCUT2D eigenvalue weighted by Crippen LogP contribution is -2.52. The number of aromatic nitrogens is 4. The summed E-state index contributed by atoms with van der Waals surface area (Å²) >= 11 is 0. The molecule has 2 N–H and O–H groups in total. The Morgan fingerprint density at radius 1 is 1.27 bits per heavy atom. The number of fused-ring (bicyclic) bond motifs is 1. The molecule has 26 heavy (non-hydrogen) atoms. The lowest BCUT2D eigenvalue weighted by atomic mass is 9.67. The summed E-state index contributed by atoms with van der Waals surface area (Å²) in [4.78, 5) is 12.5. The van der Waals surface area contributed by atoms with Gasteiger partial charge in [0.1, 0.15) is 17.8 Å². The Balaban J connectivity index is 1.31. The standard InChI is InChI=1S/C18H28FN5O2/c19-18(8-6-16-21-23-24-22-16)7-5-12-11-20-15(9-13(12)10-18)17(25)26-14-3-1-2-4-14/h12-15,20H,1-11H2,(H,21,22,23,24)/t12-,13-,15-,18-/m0/s1. The number of ether oxygens (including phenoxy) is 1. The molecule has 7 nitrogen and oxygen atoms in total. The van der Waals surface area contributed by atoms with Gasteiger partial charge in [-0.1, -0.05) is 5.21 Å². The SMILES string of the molecule is O=C(OC1CCCC1)[C@@H]1C[C@H]2C[C@@](F)(CCc3nn[nH]n3)CC[C@H]2CN1. The Labute approximate surface area is 152 Å². The molecule has 3 fully saturated rings. The highest BCUT2D eigenvalue weighted by Crippen LogP contribution is 2.44. The third-order valence-corrected chi connectivity index (χ3v) is 6.48. The molecule has 0 spiro atoms. The number of rotatable bonds is 5. The summed E-state index contributed by atoms with van der Waals surface area (Å²) in [6.45, 7) is 0.788. The lowest BCUT2D eigenvalue weighted by Gasteiger charge is -2.44. The number of halogens is 1. The third kappa shape index (κ3) is 4.05. The van der Waals surface area contributed by atoms with Gasteiger partial charge in [-0.25, -0.2) is 4.39 Å². The van der Waals surface area contributed by atoms with Crippen molar-refractivity contribution in [3.63, 3.8) is 0 Å². The smallest absolute Gasteiger partial charge is 0.323 e. The number of carbonyl (C=O) groups is 1. The number of esters is 1. The molecule has 1 aromatic heterocycles. The van der Waals surface area contributed by atoms with Crippen LogP contribution in [0, 0.1) is 11.8 Å². The Hall–Kier alpha value is -1.57. The molecule has 0 radical (unpaired) electrons. The van der Waals surface area contributed by atoms with Crippen molar-refractivity contribution in [1.29, 1.82) is 0 Å². The minimum atomic E-state index is -1.20. The first kappa shape index (κ1) is 17.8. The highest BCUT2D eigenvalue weighted by Gasteiger charge is 2.45. The van der Waals surface area contributed by atoms with E-state index >= 15 is 4.39 Å². The Morgan fingerprint density at radius 3 is 2.88 bits per heavy atom. The van der Waals surface area contributed by atoms with Gasteiger partial charge >= 0.3 is 5.97 Å². The summed E-state index contributed by atoms with van der Waals surface area (Å²) in [5.74, 6) is 1.12. The minimum absolute atomic E-state index is 0.0867. The maximum atomic E-state index is 15.4. The number of alkyl halides is 1. The summed E-state index contributed by atoms with van der Waals surface area (Å²) in [7, 11) is 0. The van der Waals surface area contributed by atoms with E-state index in [-0.39, 0.29) is 24.0 Å². The van der Waals surface area contributed by atoms with Gasteiger partial charge < -0.3 is 10.1 Å². The first-order valence-electron chi connectivity index (χ1n) is 9.96.